The van der Waals surface area contributed by atoms with Crippen molar-refractivity contribution in [1.82, 2.24) is 4.90 Å². The van der Waals surface area contributed by atoms with E-state index in [1.165, 1.54) is 77.2 Å². The summed E-state index contributed by atoms with van der Waals surface area (Å²) in [4.78, 5) is 2.56. The van der Waals surface area contributed by atoms with E-state index in [2.05, 4.69) is 18.9 Å². The second-order valence-electron chi connectivity index (χ2n) is 5.49. The largest absolute Gasteiger partial charge is 0.304 e. The molecular weight excluding hydrogens is 194 g/mol. The van der Waals surface area contributed by atoms with Crippen LogP contribution in [0.3, 0.4) is 0 Å². The van der Waals surface area contributed by atoms with Gasteiger partial charge in [0.15, 0.2) is 0 Å². The molecule has 1 aliphatic rings. The van der Waals surface area contributed by atoms with Gasteiger partial charge >= 0.3 is 0 Å². The highest BCUT2D eigenvalue weighted by Gasteiger charge is 2.12. The molecule has 0 aromatic heterocycles. The van der Waals surface area contributed by atoms with Crippen LogP contribution in [0.1, 0.15) is 77.6 Å². The Morgan fingerprint density at radius 3 is 1.50 bits per heavy atom. The predicted molar refractivity (Wildman–Crippen MR) is 72.9 cm³/mol. The second-order valence-corrected chi connectivity index (χ2v) is 5.49. The molecule has 0 saturated heterocycles. The summed E-state index contributed by atoms with van der Waals surface area (Å²) in [7, 11) is 2.30. The van der Waals surface area contributed by atoms with E-state index < -0.39 is 0 Å². The fourth-order valence-corrected chi connectivity index (χ4v) is 2.84. The zero-order chi connectivity index (χ0) is 11.6. The summed E-state index contributed by atoms with van der Waals surface area (Å²) in [6, 6.07) is 0.865. The monoisotopic (exact) mass is 225 g/mol. The average Bonchev–Trinajstić information content (AvgIpc) is 2.29. The molecule has 1 nitrogen and oxygen atoms in total. The molecule has 0 aliphatic heterocycles. The molecular formula is C15H31N. The quantitative estimate of drug-likeness (QED) is 0.663. The molecule has 0 N–H and O–H groups in total. The van der Waals surface area contributed by atoms with Gasteiger partial charge in [0.2, 0.25) is 0 Å². The van der Waals surface area contributed by atoms with Crippen molar-refractivity contribution in [2.24, 2.45) is 0 Å². The molecule has 1 aliphatic carbocycles. The molecule has 0 atom stereocenters. The second kappa shape index (κ2) is 9.04. The van der Waals surface area contributed by atoms with Crippen LogP contribution in [-0.2, 0) is 0 Å². The maximum atomic E-state index is 2.56. The van der Waals surface area contributed by atoms with Crippen LogP contribution in [0.4, 0.5) is 0 Å². The van der Waals surface area contributed by atoms with Crippen LogP contribution in [0.15, 0.2) is 0 Å². The van der Waals surface area contributed by atoms with Gasteiger partial charge < -0.3 is 4.90 Å². The van der Waals surface area contributed by atoms with Gasteiger partial charge in [0, 0.05) is 6.04 Å². The van der Waals surface area contributed by atoms with Gasteiger partial charge in [-0.1, -0.05) is 64.7 Å². The minimum atomic E-state index is 0.865. The van der Waals surface area contributed by atoms with E-state index >= 15 is 0 Å². The Balaban J connectivity index is 2.30. The Morgan fingerprint density at radius 2 is 1.12 bits per heavy atom. The van der Waals surface area contributed by atoms with E-state index in [0.29, 0.717) is 0 Å². The zero-order valence-electron chi connectivity index (χ0n) is 11.5. The lowest BCUT2D eigenvalue weighted by atomic mass is 9.97. The first-order chi connectivity index (χ1) is 7.84. The molecule has 1 heteroatoms. The fourth-order valence-electron chi connectivity index (χ4n) is 2.84. The highest BCUT2D eigenvalue weighted by atomic mass is 15.1. The molecule has 16 heavy (non-hydrogen) atoms. The lowest BCUT2D eigenvalue weighted by molar-refractivity contribution is 0.218. The van der Waals surface area contributed by atoms with E-state index in [-0.39, 0.29) is 0 Å². The summed E-state index contributed by atoms with van der Waals surface area (Å²) in [5.41, 5.74) is 0. The number of rotatable bonds is 2. The van der Waals surface area contributed by atoms with Crippen LogP contribution in [0.25, 0.3) is 0 Å². The van der Waals surface area contributed by atoms with Gasteiger partial charge in [-0.15, -0.1) is 0 Å². The van der Waals surface area contributed by atoms with Gasteiger partial charge in [-0.3, -0.25) is 0 Å². The molecule has 0 unspecified atom stereocenters. The highest BCUT2D eigenvalue weighted by Crippen LogP contribution is 2.19. The van der Waals surface area contributed by atoms with E-state index in [0.717, 1.165) is 6.04 Å². The maximum absolute atomic E-state index is 2.56. The topological polar surface area (TPSA) is 3.24 Å². The van der Waals surface area contributed by atoms with Crippen molar-refractivity contribution in [3.8, 4) is 0 Å². The Bertz CT molecular complexity index is 144. The van der Waals surface area contributed by atoms with Gasteiger partial charge in [0.25, 0.3) is 0 Å². The average molecular weight is 225 g/mol. The third-order valence-electron chi connectivity index (χ3n) is 4.20. The van der Waals surface area contributed by atoms with Crippen molar-refractivity contribution in [3.63, 3.8) is 0 Å². The van der Waals surface area contributed by atoms with Crippen molar-refractivity contribution in [1.29, 1.82) is 0 Å². The third-order valence-corrected chi connectivity index (χ3v) is 4.20. The molecule has 96 valence electrons. The number of nitrogens with zero attached hydrogens (tertiary/aromatic N) is 1. The van der Waals surface area contributed by atoms with Crippen molar-refractivity contribution in [2.75, 3.05) is 13.6 Å². The molecule has 0 radical (unpaired) electrons. The summed E-state index contributed by atoms with van der Waals surface area (Å²) in [5, 5.41) is 0. The Kier molecular flexibility index (Phi) is 7.92. The van der Waals surface area contributed by atoms with Crippen LogP contribution in [0.5, 0.6) is 0 Å². The Hall–Kier alpha value is -0.0400. The van der Waals surface area contributed by atoms with E-state index in [1.54, 1.807) is 0 Å². The van der Waals surface area contributed by atoms with Gasteiger partial charge in [0.1, 0.15) is 0 Å². The van der Waals surface area contributed by atoms with E-state index in [4.69, 9.17) is 0 Å². The standard InChI is InChI=1S/C15H31N/c1-3-16(2)15-13-11-9-7-5-4-6-8-10-12-14-15/h15H,3-14H2,1-2H3. The smallest absolute Gasteiger partial charge is 0.00920 e. The fraction of sp³-hybridized carbons (Fsp3) is 1.00. The molecule has 1 saturated carbocycles. The van der Waals surface area contributed by atoms with Crippen LogP contribution >= 0.6 is 0 Å². The molecule has 1 fully saturated rings. The maximum Gasteiger partial charge on any atom is 0.00920 e. The molecule has 0 bridgehead atoms. The number of hydrogen-bond acceptors (Lipinski definition) is 1. The zero-order valence-corrected chi connectivity index (χ0v) is 11.5. The third kappa shape index (κ3) is 5.89. The SMILES string of the molecule is CCN(C)C1CCCCCCCCCCC1. The Labute approximate surface area is 103 Å². The summed E-state index contributed by atoms with van der Waals surface area (Å²) >= 11 is 0. The van der Waals surface area contributed by atoms with Crippen LogP contribution in [0.2, 0.25) is 0 Å². The number of hydrogen-bond donors (Lipinski definition) is 0. The molecule has 0 amide bonds. The van der Waals surface area contributed by atoms with Crippen molar-refractivity contribution >= 4 is 0 Å². The van der Waals surface area contributed by atoms with Gasteiger partial charge in [-0.25, -0.2) is 0 Å². The summed E-state index contributed by atoms with van der Waals surface area (Å²) in [6.45, 7) is 3.50. The summed E-state index contributed by atoms with van der Waals surface area (Å²) in [6.07, 6.45) is 16.1. The van der Waals surface area contributed by atoms with Gasteiger partial charge in [-0.05, 0) is 26.4 Å². The first kappa shape index (κ1) is 14.0. The molecule has 0 aromatic rings. The van der Waals surface area contributed by atoms with E-state index in [9.17, 15) is 0 Å². The van der Waals surface area contributed by atoms with Crippen molar-refractivity contribution < 1.29 is 0 Å². The highest BCUT2D eigenvalue weighted by molar-refractivity contribution is 4.69. The van der Waals surface area contributed by atoms with Crippen molar-refractivity contribution in [3.05, 3.63) is 0 Å². The Morgan fingerprint density at radius 1 is 0.750 bits per heavy atom. The summed E-state index contributed by atoms with van der Waals surface area (Å²) in [5.74, 6) is 0. The first-order valence-electron chi connectivity index (χ1n) is 7.55. The van der Waals surface area contributed by atoms with Gasteiger partial charge in [-0.2, -0.15) is 0 Å². The minimum Gasteiger partial charge on any atom is -0.304 e. The van der Waals surface area contributed by atoms with E-state index in [1.807, 2.05) is 0 Å². The van der Waals surface area contributed by atoms with Crippen molar-refractivity contribution in [2.45, 2.75) is 83.6 Å². The van der Waals surface area contributed by atoms with Crippen LogP contribution in [0, 0.1) is 0 Å². The lowest BCUT2D eigenvalue weighted by Crippen LogP contribution is -2.31. The minimum absolute atomic E-state index is 0.865. The summed E-state index contributed by atoms with van der Waals surface area (Å²) < 4.78 is 0. The molecule has 1 rings (SSSR count). The lowest BCUT2D eigenvalue weighted by Gasteiger charge is -2.27. The van der Waals surface area contributed by atoms with Crippen LogP contribution < -0.4 is 0 Å². The molecule has 0 aromatic carbocycles. The first-order valence-corrected chi connectivity index (χ1v) is 7.55. The molecule has 0 heterocycles. The predicted octanol–water partition coefficient (Wildman–Crippen LogP) is 4.61. The van der Waals surface area contributed by atoms with Gasteiger partial charge in [0.05, 0.1) is 0 Å². The van der Waals surface area contributed by atoms with Crippen LogP contribution in [-0.4, -0.2) is 24.5 Å². The molecule has 0 spiro atoms. The normalized spacial score (nSPS) is 22.7.